The summed E-state index contributed by atoms with van der Waals surface area (Å²) in [5.41, 5.74) is 0.466. The Morgan fingerprint density at radius 1 is 1.32 bits per heavy atom. The van der Waals surface area contributed by atoms with Crippen LogP contribution in [0.1, 0.15) is 44.9 Å². The average Bonchev–Trinajstić information content (AvgIpc) is 2.96. The van der Waals surface area contributed by atoms with Crippen molar-refractivity contribution in [2.75, 3.05) is 6.54 Å². The highest BCUT2D eigenvalue weighted by Crippen LogP contribution is 2.28. The summed E-state index contributed by atoms with van der Waals surface area (Å²) < 4.78 is 10.3. The Balaban J connectivity index is 1.88. The molecule has 0 saturated carbocycles. The van der Waals surface area contributed by atoms with Crippen LogP contribution in [0.3, 0.4) is 0 Å². The molecule has 112 valence electrons. The van der Waals surface area contributed by atoms with E-state index in [1.807, 2.05) is 0 Å². The number of aromatic nitrogens is 1. The van der Waals surface area contributed by atoms with Crippen LogP contribution in [0.25, 0.3) is 0 Å². The summed E-state index contributed by atoms with van der Waals surface area (Å²) in [7, 11) is 0. The predicted octanol–water partition coefficient (Wildman–Crippen LogP) is 1.70. The molecular formula is C15H12N2O5. The lowest BCUT2D eigenvalue weighted by Gasteiger charge is -2.10. The van der Waals surface area contributed by atoms with Crippen LogP contribution in [0.15, 0.2) is 28.8 Å². The van der Waals surface area contributed by atoms with Crippen molar-refractivity contribution in [3.63, 3.8) is 0 Å². The number of amides is 1. The van der Waals surface area contributed by atoms with Crippen molar-refractivity contribution in [1.82, 2.24) is 10.3 Å². The van der Waals surface area contributed by atoms with Crippen molar-refractivity contribution in [1.29, 1.82) is 0 Å². The van der Waals surface area contributed by atoms with Crippen LogP contribution in [-0.2, 0) is 11.3 Å². The van der Waals surface area contributed by atoms with Gasteiger partial charge in [0, 0.05) is 12.7 Å². The van der Waals surface area contributed by atoms with Crippen molar-refractivity contribution < 1.29 is 23.5 Å². The van der Waals surface area contributed by atoms with Crippen molar-refractivity contribution in [2.45, 2.75) is 13.5 Å². The van der Waals surface area contributed by atoms with E-state index < -0.39 is 11.9 Å². The first kappa shape index (κ1) is 14.0. The smallest absolute Gasteiger partial charge is 0.407 e. The highest BCUT2D eigenvalue weighted by Gasteiger charge is 2.34. The summed E-state index contributed by atoms with van der Waals surface area (Å²) in [6.45, 7) is 2.03. The molecule has 7 nitrogen and oxygen atoms in total. The fraction of sp³-hybridized carbons (Fsp3) is 0.200. The molecule has 0 aromatic carbocycles. The summed E-state index contributed by atoms with van der Waals surface area (Å²) in [4.78, 5) is 39.8. The topological polar surface area (TPSA) is 98.5 Å². The first-order valence-corrected chi connectivity index (χ1v) is 6.69. The fourth-order valence-corrected chi connectivity index (χ4v) is 2.20. The van der Waals surface area contributed by atoms with Gasteiger partial charge in [-0.1, -0.05) is 0 Å². The Morgan fingerprint density at radius 3 is 2.91 bits per heavy atom. The lowest BCUT2D eigenvalue weighted by molar-refractivity contribution is 0.0951. The molecule has 1 amide bonds. The number of carbonyl (C=O) groups excluding carboxylic acids is 3. The molecule has 1 aliphatic carbocycles. The number of carbonyl (C=O) groups is 3. The summed E-state index contributed by atoms with van der Waals surface area (Å²) in [6, 6.07) is 4.52. The van der Waals surface area contributed by atoms with Crippen molar-refractivity contribution in [2.24, 2.45) is 0 Å². The second-order valence-corrected chi connectivity index (χ2v) is 4.62. The molecule has 2 aromatic heterocycles. The van der Waals surface area contributed by atoms with Gasteiger partial charge in [0.15, 0.2) is 12.4 Å². The van der Waals surface area contributed by atoms with E-state index in [2.05, 4.69) is 10.3 Å². The number of nitrogens with one attached hydrogen (secondary N) is 1. The van der Waals surface area contributed by atoms with Crippen LogP contribution in [0.2, 0.25) is 0 Å². The van der Waals surface area contributed by atoms with Gasteiger partial charge in [-0.2, -0.15) is 0 Å². The Labute approximate surface area is 125 Å². The van der Waals surface area contributed by atoms with E-state index in [1.165, 1.54) is 18.3 Å². The van der Waals surface area contributed by atoms with E-state index in [1.54, 1.807) is 13.0 Å². The maximum Gasteiger partial charge on any atom is 0.407 e. The number of ether oxygens (including phenoxy) is 1. The monoisotopic (exact) mass is 300 g/mol. The van der Waals surface area contributed by atoms with E-state index in [4.69, 9.17) is 9.15 Å². The Hall–Kier alpha value is -2.96. The number of furan rings is 1. The van der Waals surface area contributed by atoms with Gasteiger partial charge in [-0.15, -0.1) is 0 Å². The van der Waals surface area contributed by atoms with Crippen molar-refractivity contribution in [3.05, 3.63) is 52.7 Å². The quantitative estimate of drug-likeness (QED) is 0.790. The molecule has 0 aliphatic heterocycles. The Bertz CT molecular complexity index is 725. The van der Waals surface area contributed by atoms with Gasteiger partial charge in [-0.05, 0) is 25.1 Å². The molecule has 2 aromatic rings. The minimum Gasteiger partial charge on any atom is -0.453 e. The lowest BCUT2D eigenvalue weighted by atomic mass is 9.92. The maximum absolute atomic E-state index is 12.3. The number of ketones is 2. The third-order valence-corrected chi connectivity index (χ3v) is 3.17. The molecule has 0 bridgehead atoms. The second kappa shape index (κ2) is 5.44. The molecule has 0 spiro atoms. The van der Waals surface area contributed by atoms with Crippen LogP contribution in [0.4, 0.5) is 4.79 Å². The minimum absolute atomic E-state index is 0.0417. The predicted molar refractivity (Wildman–Crippen MR) is 73.7 cm³/mol. The molecule has 0 fully saturated rings. The van der Waals surface area contributed by atoms with Crippen LogP contribution in [-0.4, -0.2) is 29.2 Å². The molecule has 2 heterocycles. The molecular weight excluding hydrogens is 288 g/mol. The number of nitrogens with zero attached hydrogens (tertiary/aromatic N) is 1. The van der Waals surface area contributed by atoms with E-state index >= 15 is 0 Å². The van der Waals surface area contributed by atoms with Crippen molar-refractivity contribution >= 4 is 17.7 Å². The number of fused-ring (bicyclic) bond motifs is 2. The fourth-order valence-electron chi connectivity index (χ4n) is 2.20. The first-order valence-electron chi connectivity index (χ1n) is 6.69. The lowest BCUT2D eigenvalue weighted by Crippen LogP contribution is -2.23. The number of hydrogen-bond acceptors (Lipinski definition) is 6. The minimum atomic E-state index is -0.598. The Kier molecular flexibility index (Phi) is 3.46. The molecule has 0 saturated heterocycles. The molecule has 0 atom stereocenters. The van der Waals surface area contributed by atoms with Crippen LogP contribution in [0.5, 0.6) is 0 Å². The van der Waals surface area contributed by atoms with Gasteiger partial charge in [-0.25, -0.2) is 4.79 Å². The summed E-state index contributed by atoms with van der Waals surface area (Å²) >= 11 is 0. The SMILES string of the molecule is CCNC(=O)OCc1cc2c(o1)C(=O)c1cccnc1C2=O. The zero-order valence-electron chi connectivity index (χ0n) is 11.7. The number of pyridine rings is 1. The van der Waals surface area contributed by atoms with Gasteiger partial charge < -0.3 is 14.5 Å². The average molecular weight is 300 g/mol. The van der Waals surface area contributed by atoms with Crippen LogP contribution < -0.4 is 5.32 Å². The van der Waals surface area contributed by atoms with Gasteiger partial charge in [0.25, 0.3) is 0 Å². The third kappa shape index (κ3) is 2.26. The van der Waals surface area contributed by atoms with Gasteiger partial charge >= 0.3 is 6.09 Å². The van der Waals surface area contributed by atoms with Gasteiger partial charge in [0.1, 0.15) is 11.5 Å². The summed E-state index contributed by atoms with van der Waals surface area (Å²) in [6.07, 6.45) is 0.855. The molecule has 3 rings (SSSR count). The van der Waals surface area contributed by atoms with E-state index in [-0.39, 0.29) is 40.7 Å². The van der Waals surface area contributed by atoms with Crippen LogP contribution in [0, 0.1) is 0 Å². The number of hydrogen-bond donors (Lipinski definition) is 1. The second-order valence-electron chi connectivity index (χ2n) is 4.62. The zero-order valence-corrected chi connectivity index (χ0v) is 11.7. The highest BCUT2D eigenvalue weighted by atomic mass is 16.6. The number of rotatable bonds is 3. The van der Waals surface area contributed by atoms with E-state index in [0.29, 0.717) is 6.54 Å². The van der Waals surface area contributed by atoms with Gasteiger partial charge in [0.2, 0.25) is 11.6 Å². The van der Waals surface area contributed by atoms with E-state index in [9.17, 15) is 14.4 Å². The summed E-state index contributed by atoms with van der Waals surface area (Å²) in [5.74, 6) is -0.592. The molecule has 0 radical (unpaired) electrons. The third-order valence-electron chi connectivity index (χ3n) is 3.17. The van der Waals surface area contributed by atoms with E-state index in [0.717, 1.165) is 0 Å². The molecule has 7 heteroatoms. The molecule has 1 aliphatic rings. The maximum atomic E-state index is 12.3. The molecule has 22 heavy (non-hydrogen) atoms. The highest BCUT2D eigenvalue weighted by molar-refractivity contribution is 6.26. The summed E-state index contributed by atoms with van der Waals surface area (Å²) in [5, 5.41) is 2.46. The van der Waals surface area contributed by atoms with Crippen molar-refractivity contribution in [3.8, 4) is 0 Å². The largest absolute Gasteiger partial charge is 0.453 e. The Morgan fingerprint density at radius 2 is 2.14 bits per heavy atom. The zero-order chi connectivity index (χ0) is 15.7. The van der Waals surface area contributed by atoms with Crippen LogP contribution >= 0.6 is 0 Å². The van der Waals surface area contributed by atoms with Gasteiger partial charge in [-0.3, -0.25) is 14.6 Å². The number of alkyl carbamates (subject to hydrolysis) is 1. The standard InChI is InChI=1S/C15H12N2O5/c1-2-16-15(20)21-7-8-6-10-12(18)11-9(4-3-5-17-11)13(19)14(10)22-8/h3-6H,2,7H2,1H3,(H,16,20). The first-order chi connectivity index (χ1) is 10.6. The molecule has 1 N–H and O–H groups in total. The normalized spacial score (nSPS) is 12.6. The van der Waals surface area contributed by atoms with Gasteiger partial charge in [0.05, 0.1) is 11.1 Å². The molecule has 0 unspecified atom stereocenters.